The Morgan fingerprint density at radius 2 is 2.14 bits per heavy atom. The highest BCUT2D eigenvalue weighted by molar-refractivity contribution is 6.35. The van der Waals surface area contributed by atoms with Crippen LogP contribution in [0.1, 0.15) is 5.69 Å². The largest absolute Gasteiger partial charge is 0.314 e. The van der Waals surface area contributed by atoms with E-state index >= 15 is 0 Å². The summed E-state index contributed by atoms with van der Waals surface area (Å²) in [5, 5.41) is 4.85. The number of pyridine rings is 1. The van der Waals surface area contributed by atoms with E-state index in [-0.39, 0.29) is 0 Å². The lowest BCUT2D eigenvalue weighted by atomic mass is 10.2. The highest BCUT2D eigenvalue weighted by Crippen LogP contribution is 2.21. The van der Waals surface area contributed by atoms with Crippen LogP contribution in [0.3, 0.4) is 0 Å². The van der Waals surface area contributed by atoms with E-state index in [4.69, 9.17) is 11.6 Å². The molecule has 0 saturated heterocycles. The van der Waals surface area contributed by atoms with Crippen LogP contribution >= 0.6 is 11.6 Å². The number of para-hydroxylation sites is 1. The summed E-state index contributed by atoms with van der Waals surface area (Å²) in [5.74, 6) is 0. The van der Waals surface area contributed by atoms with Gasteiger partial charge in [0.25, 0.3) is 0 Å². The van der Waals surface area contributed by atoms with Crippen molar-refractivity contribution in [3.8, 4) is 0 Å². The molecule has 0 fully saturated rings. The number of nitrogens with one attached hydrogen (secondary N) is 1. The lowest BCUT2D eigenvalue weighted by Gasteiger charge is -2.03. The van der Waals surface area contributed by atoms with Crippen molar-refractivity contribution in [1.82, 2.24) is 10.3 Å². The van der Waals surface area contributed by atoms with Gasteiger partial charge in [0.05, 0.1) is 16.2 Å². The van der Waals surface area contributed by atoms with E-state index in [2.05, 4.69) is 10.3 Å². The third-order valence-electron chi connectivity index (χ3n) is 2.09. The van der Waals surface area contributed by atoms with Gasteiger partial charge in [0.15, 0.2) is 0 Å². The number of hydrogen-bond acceptors (Lipinski definition) is 2. The molecule has 0 aliphatic rings. The molecule has 0 aliphatic carbocycles. The second-order valence-electron chi connectivity index (χ2n) is 3.14. The Labute approximate surface area is 87.9 Å². The van der Waals surface area contributed by atoms with Gasteiger partial charge >= 0.3 is 0 Å². The Hall–Kier alpha value is -1.12. The Morgan fingerprint density at radius 3 is 2.93 bits per heavy atom. The van der Waals surface area contributed by atoms with Crippen LogP contribution in [0.25, 0.3) is 10.9 Å². The Balaban J connectivity index is 2.58. The number of nitrogens with zero attached hydrogens (tertiary/aromatic N) is 1. The minimum atomic E-state index is 0.709. The molecule has 1 aromatic heterocycles. The van der Waals surface area contributed by atoms with Crippen molar-refractivity contribution >= 4 is 22.5 Å². The number of aromatic nitrogens is 1. The number of halogens is 1. The molecule has 1 heterocycles. The van der Waals surface area contributed by atoms with Crippen LogP contribution in [-0.4, -0.2) is 12.0 Å². The second-order valence-corrected chi connectivity index (χ2v) is 3.55. The van der Waals surface area contributed by atoms with Gasteiger partial charge in [0, 0.05) is 11.9 Å². The predicted molar refractivity (Wildman–Crippen MR) is 59.5 cm³/mol. The summed E-state index contributed by atoms with van der Waals surface area (Å²) in [5.41, 5.74) is 1.88. The van der Waals surface area contributed by atoms with Crippen LogP contribution in [0.4, 0.5) is 0 Å². The number of benzene rings is 1. The summed E-state index contributed by atoms with van der Waals surface area (Å²) in [6.45, 7) is 0.765. The molecular weight excluding hydrogens is 196 g/mol. The zero-order valence-corrected chi connectivity index (χ0v) is 8.67. The molecule has 0 saturated carbocycles. The summed E-state index contributed by atoms with van der Waals surface area (Å²) < 4.78 is 0. The normalized spacial score (nSPS) is 10.7. The van der Waals surface area contributed by atoms with Crippen LogP contribution in [0.5, 0.6) is 0 Å². The van der Waals surface area contributed by atoms with Gasteiger partial charge in [-0.1, -0.05) is 29.8 Å². The van der Waals surface area contributed by atoms with E-state index < -0.39 is 0 Å². The maximum absolute atomic E-state index is 6.05. The molecule has 1 N–H and O–H groups in total. The summed E-state index contributed by atoms with van der Waals surface area (Å²) >= 11 is 6.05. The Morgan fingerprint density at radius 1 is 1.29 bits per heavy atom. The molecule has 2 nitrogen and oxygen atoms in total. The number of fused-ring (bicyclic) bond motifs is 1. The highest BCUT2D eigenvalue weighted by Gasteiger charge is 2.00. The monoisotopic (exact) mass is 206 g/mol. The smallest absolute Gasteiger partial charge is 0.0891 e. The maximum atomic E-state index is 6.05. The van der Waals surface area contributed by atoms with Crippen LogP contribution in [0.2, 0.25) is 5.02 Å². The molecular formula is C11H11ClN2. The van der Waals surface area contributed by atoms with Crippen LogP contribution in [0, 0.1) is 0 Å². The fourth-order valence-electron chi connectivity index (χ4n) is 1.43. The van der Waals surface area contributed by atoms with Crippen LogP contribution < -0.4 is 5.32 Å². The lowest BCUT2D eigenvalue weighted by molar-refractivity contribution is 0.795. The van der Waals surface area contributed by atoms with Gasteiger partial charge in [-0.25, -0.2) is 4.98 Å². The first-order valence-electron chi connectivity index (χ1n) is 4.50. The first-order chi connectivity index (χ1) is 6.81. The molecule has 1 aromatic carbocycles. The van der Waals surface area contributed by atoms with E-state index in [0.717, 1.165) is 23.1 Å². The fourth-order valence-corrected chi connectivity index (χ4v) is 1.65. The zero-order chi connectivity index (χ0) is 9.97. The summed E-state index contributed by atoms with van der Waals surface area (Å²) in [6.07, 6.45) is 0. The third kappa shape index (κ3) is 1.72. The Bertz CT molecular complexity index is 454. The minimum absolute atomic E-state index is 0.709. The van der Waals surface area contributed by atoms with Gasteiger partial charge in [-0.3, -0.25) is 0 Å². The topological polar surface area (TPSA) is 24.9 Å². The average Bonchev–Trinajstić information content (AvgIpc) is 2.20. The molecule has 0 atom stereocenters. The van der Waals surface area contributed by atoms with E-state index in [1.807, 2.05) is 37.4 Å². The van der Waals surface area contributed by atoms with Crippen molar-refractivity contribution in [3.63, 3.8) is 0 Å². The van der Waals surface area contributed by atoms with Crippen molar-refractivity contribution in [3.05, 3.63) is 41.0 Å². The van der Waals surface area contributed by atoms with E-state index in [1.54, 1.807) is 0 Å². The summed E-state index contributed by atoms with van der Waals surface area (Å²) in [7, 11) is 1.90. The van der Waals surface area contributed by atoms with Crippen molar-refractivity contribution < 1.29 is 0 Å². The van der Waals surface area contributed by atoms with Crippen molar-refractivity contribution in [2.24, 2.45) is 0 Å². The molecule has 72 valence electrons. The molecule has 0 amide bonds. The molecule has 0 radical (unpaired) electrons. The Kier molecular flexibility index (Phi) is 2.66. The zero-order valence-electron chi connectivity index (χ0n) is 7.92. The SMILES string of the molecule is CNCc1ccc2cccc(Cl)c2n1. The van der Waals surface area contributed by atoms with Gasteiger partial charge in [-0.15, -0.1) is 0 Å². The average molecular weight is 207 g/mol. The molecule has 0 unspecified atom stereocenters. The van der Waals surface area contributed by atoms with Gasteiger partial charge in [-0.05, 0) is 19.2 Å². The van der Waals surface area contributed by atoms with Crippen molar-refractivity contribution in [1.29, 1.82) is 0 Å². The molecule has 0 aliphatic heterocycles. The highest BCUT2D eigenvalue weighted by atomic mass is 35.5. The van der Waals surface area contributed by atoms with E-state index in [9.17, 15) is 0 Å². The van der Waals surface area contributed by atoms with E-state index in [1.165, 1.54) is 0 Å². The first kappa shape index (κ1) is 9.44. The molecule has 3 heteroatoms. The molecule has 0 bridgehead atoms. The third-order valence-corrected chi connectivity index (χ3v) is 2.39. The molecule has 0 spiro atoms. The molecule has 2 rings (SSSR count). The van der Waals surface area contributed by atoms with Crippen molar-refractivity contribution in [2.45, 2.75) is 6.54 Å². The fraction of sp³-hybridized carbons (Fsp3) is 0.182. The maximum Gasteiger partial charge on any atom is 0.0891 e. The standard InChI is InChI=1S/C11H11ClN2/c1-13-7-9-6-5-8-3-2-4-10(12)11(8)14-9/h2-6,13H,7H2,1H3. The lowest BCUT2D eigenvalue weighted by Crippen LogP contribution is -2.06. The number of hydrogen-bond donors (Lipinski definition) is 1. The van der Waals surface area contributed by atoms with Gasteiger partial charge in [0.2, 0.25) is 0 Å². The van der Waals surface area contributed by atoms with Crippen LogP contribution in [0.15, 0.2) is 30.3 Å². The second kappa shape index (κ2) is 3.95. The van der Waals surface area contributed by atoms with Crippen LogP contribution in [-0.2, 0) is 6.54 Å². The first-order valence-corrected chi connectivity index (χ1v) is 4.88. The van der Waals surface area contributed by atoms with Gasteiger partial charge in [-0.2, -0.15) is 0 Å². The summed E-state index contributed by atoms with van der Waals surface area (Å²) in [6, 6.07) is 9.86. The molecule has 14 heavy (non-hydrogen) atoms. The quantitative estimate of drug-likeness (QED) is 0.817. The van der Waals surface area contributed by atoms with Gasteiger partial charge in [0.1, 0.15) is 0 Å². The van der Waals surface area contributed by atoms with Gasteiger partial charge < -0.3 is 5.32 Å². The van der Waals surface area contributed by atoms with Crippen molar-refractivity contribution in [2.75, 3.05) is 7.05 Å². The minimum Gasteiger partial charge on any atom is -0.314 e. The van der Waals surface area contributed by atoms with E-state index in [0.29, 0.717) is 5.02 Å². The number of rotatable bonds is 2. The molecule has 2 aromatic rings. The summed E-state index contributed by atoms with van der Waals surface area (Å²) in [4.78, 5) is 4.47. The predicted octanol–water partition coefficient (Wildman–Crippen LogP) is 2.61.